The van der Waals surface area contributed by atoms with E-state index in [1.807, 2.05) is 0 Å². The van der Waals surface area contributed by atoms with Gasteiger partial charge in [-0.05, 0) is 24.3 Å². The standard InChI is InChI=1S/C22H23N3O5/c1-4-11-24-17-7-5-6-8-18(17)25(22(28)21(24)27)14-20(26)23-13-15-9-10-16(29-2)12-19(15)30-3/h4-10,12H,1,11,13-14H2,2-3H3,(H,23,26). The quantitative estimate of drug-likeness (QED) is 0.452. The van der Waals surface area contributed by atoms with Crippen molar-refractivity contribution in [2.24, 2.45) is 0 Å². The van der Waals surface area contributed by atoms with Gasteiger partial charge in [0.25, 0.3) is 0 Å². The molecule has 1 aromatic heterocycles. The minimum Gasteiger partial charge on any atom is -0.497 e. The average molecular weight is 409 g/mol. The summed E-state index contributed by atoms with van der Waals surface area (Å²) in [6.07, 6.45) is 1.55. The predicted octanol–water partition coefficient (Wildman–Crippen LogP) is 1.68. The van der Waals surface area contributed by atoms with Crippen molar-refractivity contribution in [3.8, 4) is 11.5 Å². The Morgan fingerprint density at radius 3 is 2.33 bits per heavy atom. The Hall–Kier alpha value is -3.81. The van der Waals surface area contributed by atoms with Crippen LogP contribution < -0.4 is 25.9 Å². The van der Waals surface area contributed by atoms with Crippen molar-refractivity contribution in [2.45, 2.75) is 19.6 Å². The van der Waals surface area contributed by atoms with Crippen LogP contribution in [0.4, 0.5) is 0 Å². The fourth-order valence-electron chi connectivity index (χ4n) is 3.23. The van der Waals surface area contributed by atoms with Gasteiger partial charge in [-0.25, -0.2) is 0 Å². The van der Waals surface area contributed by atoms with Gasteiger partial charge in [-0.3, -0.25) is 23.5 Å². The smallest absolute Gasteiger partial charge is 0.317 e. The van der Waals surface area contributed by atoms with Crippen LogP contribution in [0.25, 0.3) is 11.0 Å². The summed E-state index contributed by atoms with van der Waals surface area (Å²) in [6.45, 7) is 3.76. The molecular formula is C22H23N3O5. The van der Waals surface area contributed by atoms with Crippen molar-refractivity contribution in [3.63, 3.8) is 0 Å². The first-order chi connectivity index (χ1) is 14.5. The van der Waals surface area contributed by atoms with Crippen LogP contribution in [0.2, 0.25) is 0 Å². The van der Waals surface area contributed by atoms with Crippen molar-refractivity contribution in [1.82, 2.24) is 14.5 Å². The number of nitrogens with zero attached hydrogens (tertiary/aromatic N) is 2. The second-order valence-corrected chi connectivity index (χ2v) is 6.54. The normalized spacial score (nSPS) is 10.6. The van der Waals surface area contributed by atoms with E-state index in [2.05, 4.69) is 11.9 Å². The summed E-state index contributed by atoms with van der Waals surface area (Å²) >= 11 is 0. The molecule has 8 heteroatoms. The van der Waals surface area contributed by atoms with Crippen LogP contribution in [0.5, 0.6) is 11.5 Å². The van der Waals surface area contributed by atoms with E-state index in [1.54, 1.807) is 55.7 Å². The molecule has 0 radical (unpaired) electrons. The molecule has 30 heavy (non-hydrogen) atoms. The Labute approximate surface area is 173 Å². The van der Waals surface area contributed by atoms with Crippen molar-refractivity contribution >= 4 is 16.9 Å². The lowest BCUT2D eigenvalue weighted by atomic mass is 10.2. The van der Waals surface area contributed by atoms with Crippen LogP contribution in [0.15, 0.2) is 64.7 Å². The lowest BCUT2D eigenvalue weighted by Gasteiger charge is -2.15. The molecule has 156 valence electrons. The summed E-state index contributed by atoms with van der Waals surface area (Å²) in [4.78, 5) is 37.7. The van der Waals surface area contributed by atoms with E-state index in [0.717, 1.165) is 5.56 Å². The number of aromatic nitrogens is 2. The molecule has 1 N–H and O–H groups in total. The van der Waals surface area contributed by atoms with E-state index in [0.29, 0.717) is 22.5 Å². The zero-order chi connectivity index (χ0) is 21.7. The van der Waals surface area contributed by atoms with Gasteiger partial charge in [-0.1, -0.05) is 18.2 Å². The van der Waals surface area contributed by atoms with Gasteiger partial charge < -0.3 is 14.8 Å². The number of allylic oxidation sites excluding steroid dienone is 1. The number of hydrogen-bond acceptors (Lipinski definition) is 5. The van der Waals surface area contributed by atoms with E-state index in [4.69, 9.17) is 9.47 Å². The Bertz CT molecular complexity index is 1210. The number of nitrogens with one attached hydrogen (secondary N) is 1. The zero-order valence-corrected chi connectivity index (χ0v) is 16.9. The van der Waals surface area contributed by atoms with Crippen LogP contribution in [0.1, 0.15) is 5.56 Å². The first kappa shape index (κ1) is 20.9. The molecule has 0 aliphatic heterocycles. The number of para-hydroxylation sites is 2. The molecule has 0 aliphatic rings. The molecule has 0 bridgehead atoms. The summed E-state index contributed by atoms with van der Waals surface area (Å²) in [5.74, 6) is 0.810. The highest BCUT2D eigenvalue weighted by atomic mass is 16.5. The van der Waals surface area contributed by atoms with Crippen LogP contribution in [-0.4, -0.2) is 29.3 Å². The molecule has 0 unspecified atom stereocenters. The number of carbonyl (C=O) groups is 1. The van der Waals surface area contributed by atoms with Gasteiger partial charge in [-0.15, -0.1) is 6.58 Å². The second kappa shape index (κ2) is 9.13. The first-order valence-electron chi connectivity index (χ1n) is 9.31. The van der Waals surface area contributed by atoms with Crippen molar-refractivity contribution in [2.75, 3.05) is 14.2 Å². The molecule has 3 aromatic rings. The van der Waals surface area contributed by atoms with E-state index in [1.165, 1.54) is 16.2 Å². The fraction of sp³-hybridized carbons (Fsp3) is 0.227. The number of benzene rings is 2. The van der Waals surface area contributed by atoms with Crippen LogP contribution in [-0.2, 0) is 24.4 Å². The highest BCUT2D eigenvalue weighted by Crippen LogP contribution is 2.24. The van der Waals surface area contributed by atoms with Crippen LogP contribution in [0.3, 0.4) is 0 Å². The molecule has 0 fully saturated rings. The molecule has 8 nitrogen and oxygen atoms in total. The lowest BCUT2D eigenvalue weighted by molar-refractivity contribution is -0.121. The number of amides is 1. The number of methoxy groups -OCH3 is 2. The predicted molar refractivity (Wildman–Crippen MR) is 114 cm³/mol. The summed E-state index contributed by atoms with van der Waals surface area (Å²) in [5, 5.41) is 2.77. The Balaban J connectivity index is 1.87. The number of hydrogen-bond donors (Lipinski definition) is 1. The van der Waals surface area contributed by atoms with Gasteiger partial charge in [0, 0.05) is 24.7 Å². The third-order valence-corrected chi connectivity index (χ3v) is 4.72. The van der Waals surface area contributed by atoms with E-state index in [-0.39, 0.29) is 19.6 Å². The van der Waals surface area contributed by atoms with Gasteiger partial charge >= 0.3 is 11.1 Å². The summed E-state index contributed by atoms with van der Waals surface area (Å²) in [6, 6.07) is 12.2. The van der Waals surface area contributed by atoms with Gasteiger partial charge in [0.2, 0.25) is 5.91 Å². The maximum absolute atomic E-state index is 12.6. The molecule has 0 aliphatic carbocycles. The Kier molecular flexibility index (Phi) is 6.36. The maximum atomic E-state index is 12.6. The topological polar surface area (TPSA) is 91.6 Å². The SMILES string of the molecule is C=CCn1c(=O)c(=O)n(CC(=O)NCc2ccc(OC)cc2OC)c2ccccc21. The summed E-state index contributed by atoms with van der Waals surface area (Å²) < 4.78 is 13.0. The lowest BCUT2D eigenvalue weighted by Crippen LogP contribution is -2.43. The highest BCUT2D eigenvalue weighted by molar-refractivity contribution is 5.80. The largest absolute Gasteiger partial charge is 0.497 e. The number of ether oxygens (including phenoxy) is 2. The summed E-state index contributed by atoms with van der Waals surface area (Å²) in [5.41, 5.74) is 0.365. The molecule has 0 spiro atoms. The minimum atomic E-state index is -0.757. The third-order valence-electron chi connectivity index (χ3n) is 4.72. The van der Waals surface area contributed by atoms with Crippen LogP contribution >= 0.6 is 0 Å². The van der Waals surface area contributed by atoms with Crippen molar-refractivity contribution in [1.29, 1.82) is 0 Å². The molecule has 0 atom stereocenters. The molecule has 2 aromatic carbocycles. The minimum absolute atomic E-state index is 0.201. The zero-order valence-electron chi connectivity index (χ0n) is 16.9. The van der Waals surface area contributed by atoms with Crippen molar-refractivity contribution in [3.05, 3.63) is 81.4 Å². The van der Waals surface area contributed by atoms with E-state index < -0.39 is 17.0 Å². The number of carbonyl (C=O) groups excluding carboxylic acids is 1. The highest BCUT2D eigenvalue weighted by Gasteiger charge is 2.15. The Morgan fingerprint density at radius 1 is 1.03 bits per heavy atom. The van der Waals surface area contributed by atoms with Gasteiger partial charge in [-0.2, -0.15) is 0 Å². The van der Waals surface area contributed by atoms with Gasteiger partial charge in [0.05, 0.1) is 25.3 Å². The molecule has 3 rings (SSSR count). The Morgan fingerprint density at radius 2 is 1.70 bits per heavy atom. The van der Waals surface area contributed by atoms with E-state index >= 15 is 0 Å². The average Bonchev–Trinajstić information content (AvgIpc) is 2.78. The van der Waals surface area contributed by atoms with E-state index in [9.17, 15) is 14.4 Å². The maximum Gasteiger partial charge on any atom is 0.317 e. The molecule has 0 saturated heterocycles. The van der Waals surface area contributed by atoms with Crippen molar-refractivity contribution < 1.29 is 14.3 Å². The van der Waals surface area contributed by atoms with Crippen LogP contribution in [0, 0.1) is 0 Å². The molecule has 0 saturated carbocycles. The monoisotopic (exact) mass is 409 g/mol. The molecule has 1 amide bonds. The second-order valence-electron chi connectivity index (χ2n) is 6.54. The summed E-state index contributed by atoms with van der Waals surface area (Å²) in [7, 11) is 3.09. The van der Waals surface area contributed by atoms with Gasteiger partial charge in [0.15, 0.2) is 0 Å². The number of fused-ring (bicyclic) bond motifs is 1. The number of rotatable bonds is 8. The first-order valence-corrected chi connectivity index (χ1v) is 9.31. The van der Waals surface area contributed by atoms with Gasteiger partial charge in [0.1, 0.15) is 18.0 Å². The molecule has 1 heterocycles. The molecular weight excluding hydrogens is 386 g/mol. The third kappa shape index (κ3) is 4.12. The fourth-order valence-corrected chi connectivity index (χ4v) is 3.23.